The number of amides is 1. The fourth-order valence-electron chi connectivity index (χ4n) is 2.08. The Bertz CT molecular complexity index is 353. The lowest BCUT2D eigenvalue weighted by Crippen LogP contribution is -2.32. The number of aliphatic hydroxyl groups excluding tert-OH is 1. The van der Waals surface area contributed by atoms with Gasteiger partial charge in [-0.1, -0.05) is 6.42 Å². The summed E-state index contributed by atoms with van der Waals surface area (Å²) in [6.45, 7) is 0.558. The summed E-state index contributed by atoms with van der Waals surface area (Å²) in [4.78, 5) is 15.5. The summed E-state index contributed by atoms with van der Waals surface area (Å²) in [6, 6.07) is 3.36. The molecule has 0 aromatic carbocycles. The summed E-state index contributed by atoms with van der Waals surface area (Å²) in [5, 5.41) is 12.5. The fraction of sp³-hybridized carbons (Fsp3) is 0.500. The molecule has 1 fully saturated rings. The van der Waals surface area contributed by atoms with Crippen LogP contribution in [0.1, 0.15) is 29.6 Å². The summed E-state index contributed by atoms with van der Waals surface area (Å²) >= 11 is 0. The molecule has 1 amide bonds. The molecule has 86 valence electrons. The van der Waals surface area contributed by atoms with Gasteiger partial charge in [0.05, 0.1) is 6.10 Å². The van der Waals surface area contributed by atoms with Crippen LogP contribution in [0.15, 0.2) is 24.5 Å². The highest BCUT2D eigenvalue weighted by molar-refractivity contribution is 5.93. The lowest BCUT2D eigenvalue weighted by atomic mass is 10.1. The zero-order valence-electron chi connectivity index (χ0n) is 9.10. The molecule has 0 radical (unpaired) electrons. The predicted molar refractivity (Wildman–Crippen MR) is 59.9 cm³/mol. The van der Waals surface area contributed by atoms with Crippen molar-refractivity contribution < 1.29 is 9.90 Å². The smallest absolute Gasteiger partial charge is 0.251 e. The van der Waals surface area contributed by atoms with Crippen LogP contribution < -0.4 is 5.32 Å². The number of rotatable bonds is 3. The zero-order chi connectivity index (χ0) is 11.4. The molecule has 4 nitrogen and oxygen atoms in total. The number of hydrogen-bond donors (Lipinski definition) is 2. The second-order valence-corrected chi connectivity index (χ2v) is 4.20. The average Bonchev–Trinajstić information content (AvgIpc) is 2.73. The van der Waals surface area contributed by atoms with Crippen molar-refractivity contribution >= 4 is 5.91 Å². The van der Waals surface area contributed by atoms with Crippen LogP contribution in [-0.4, -0.2) is 28.6 Å². The van der Waals surface area contributed by atoms with Gasteiger partial charge in [-0.2, -0.15) is 0 Å². The molecule has 0 aliphatic heterocycles. The molecule has 1 aromatic rings. The first-order valence-electron chi connectivity index (χ1n) is 5.63. The molecule has 0 bridgehead atoms. The maximum atomic E-state index is 11.7. The van der Waals surface area contributed by atoms with Crippen LogP contribution in [0.4, 0.5) is 0 Å². The van der Waals surface area contributed by atoms with Crippen molar-refractivity contribution in [1.29, 1.82) is 0 Å². The first-order valence-corrected chi connectivity index (χ1v) is 5.63. The molecule has 16 heavy (non-hydrogen) atoms. The van der Waals surface area contributed by atoms with Crippen LogP contribution in [0.5, 0.6) is 0 Å². The van der Waals surface area contributed by atoms with E-state index in [1.54, 1.807) is 24.5 Å². The summed E-state index contributed by atoms with van der Waals surface area (Å²) in [6.07, 6.45) is 5.85. The van der Waals surface area contributed by atoms with Crippen molar-refractivity contribution in [1.82, 2.24) is 10.3 Å². The third-order valence-corrected chi connectivity index (χ3v) is 3.09. The van der Waals surface area contributed by atoms with Gasteiger partial charge in [0.1, 0.15) is 0 Å². The molecule has 1 saturated carbocycles. The van der Waals surface area contributed by atoms with Gasteiger partial charge in [0.2, 0.25) is 0 Å². The van der Waals surface area contributed by atoms with Crippen molar-refractivity contribution in [3.8, 4) is 0 Å². The molecule has 1 heterocycles. The molecular weight excluding hydrogens is 204 g/mol. The lowest BCUT2D eigenvalue weighted by molar-refractivity contribution is 0.0916. The topological polar surface area (TPSA) is 62.2 Å². The van der Waals surface area contributed by atoms with E-state index in [2.05, 4.69) is 10.3 Å². The highest BCUT2D eigenvalue weighted by atomic mass is 16.3. The van der Waals surface area contributed by atoms with Gasteiger partial charge in [0, 0.05) is 30.4 Å². The van der Waals surface area contributed by atoms with E-state index in [0.29, 0.717) is 12.1 Å². The SMILES string of the molecule is O=C(NCC1CCCC1O)c1ccncc1. The van der Waals surface area contributed by atoms with Gasteiger partial charge in [-0.05, 0) is 25.0 Å². The zero-order valence-corrected chi connectivity index (χ0v) is 9.10. The Balaban J connectivity index is 1.84. The lowest BCUT2D eigenvalue weighted by Gasteiger charge is -2.14. The number of hydrogen-bond acceptors (Lipinski definition) is 3. The highest BCUT2D eigenvalue weighted by Crippen LogP contribution is 2.24. The largest absolute Gasteiger partial charge is 0.393 e. The fourth-order valence-corrected chi connectivity index (χ4v) is 2.08. The van der Waals surface area contributed by atoms with E-state index in [1.807, 2.05) is 0 Å². The number of aliphatic hydroxyl groups is 1. The first kappa shape index (κ1) is 11.1. The molecule has 2 unspecified atom stereocenters. The van der Waals surface area contributed by atoms with E-state index in [9.17, 15) is 9.90 Å². The number of carbonyl (C=O) groups is 1. The van der Waals surface area contributed by atoms with Gasteiger partial charge in [-0.25, -0.2) is 0 Å². The van der Waals surface area contributed by atoms with Crippen LogP contribution in [0.2, 0.25) is 0 Å². The molecule has 2 atom stereocenters. The van der Waals surface area contributed by atoms with E-state index >= 15 is 0 Å². The monoisotopic (exact) mass is 220 g/mol. The number of aromatic nitrogens is 1. The van der Waals surface area contributed by atoms with E-state index < -0.39 is 0 Å². The molecular formula is C12H16N2O2. The van der Waals surface area contributed by atoms with E-state index in [0.717, 1.165) is 19.3 Å². The summed E-state index contributed by atoms with van der Waals surface area (Å²) in [7, 11) is 0. The van der Waals surface area contributed by atoms with E-state index in [4.69, 9.17) is 0 Å². The number of pyridine rings is 1. The molecule has 1 aromatic heterocycles. The maximum Gasteiger partial charge on any atom is 0.251 e. The molecule has 0 saturated heterocycles. The first-order chi connectivity index (χ1) is 7.77. The Morgan fingerprint density at radius 2 is 2.19 bits per heavy atom. The van der Waals surface area contributed by atoms with Crippen molar-refractivity contribution in [3.05, 3.63) is 30.1 Å². The molecule has 1 aliphatic rings. The molecule has 1 aliphatic carbocycles. The van der Waals surface area contributed by atoms with Gasteiger partial charge >= 0.3 is 0 Å². The second-order valence-electron chi connectivity index (χ2n) is 4.20. The Labute approximate surface area is 94.7 Å². The van der Waals surface area contributed by atoms with E-state index in [1.165, 1.54) is 0 Å². The van der Waals surface area contributed by atoms with Crippen LogP contribution >= 0.6 is 0 Å². The number of nitrogens with one attached hydrogen (secondary N) is 1. The summed E-state index contributed by atoms with van der Waals surface area (Å²) in [5.74, 6) is 0.118. The van der Waals surface area contributed by atoms with Crippen LogP contribution in [0.3, 0.4) is 0 Å². The normalized spacial score (nSPS) is 24.3. The minimum Gasteiger partial charge on any atom is -0.393 e. The van der Waals surface area contributed by atoms with Gasteiger partial charge in [-0.15, -0.1) is 0 Å². The summed E-state index contributed by atoms with van der Waals surface area (Å²) in [5.41, 5.74) is 0.613. The molecule has 0 spiro atoms. The Morgan fingerprint density at radius 3 is 2.81 bits per heavy atom. The van der Waals surface area contributed by atoms with E-state index in [-0.39, 0.29) is 17.9 Å². The molecule has 2 rings (SSSR count). The number of carbonyl (C=O) groups excluding carboxylic acids is 1. The third-order valence-electron chi connectivity index (χ3n) is 3.09. The predicted octanol–water partition coefficient (Wildman–Crippen LogP) is 0.972. The second kappa shape index (κ2) is 5.07. The summed E-state index contributed by atoms with van der Waals surface area (Å²) < 4.78 is 0. The van der Waals surface area contributed by atoms with Gasteiger partial charge in [-0.3, -0.25) is 9.78 Å². The Kier molecular flexibility index (Phi) is 3.51. The van der Waals surface area contributed by atoms with Crippen molar-refractivity contribution in [2.45, 2.75) is 25.4 Å². The van der Waals surface area contributed by atoms with Crippen molar-refractivity contribution in [2.24, 2.45) is 5.92 Å². The number of nitrogens with zero attached hydrogens (tertiary/aromatic N) is 1. The minimum absolute atomic E-state index is 0.0958. The highest BCUT2D eigenvalue weighted by Gasteiger charge is 2.25. The van der Waals surface area contributed by atoms with Gasteiger partial charge < -0.3 is 10.4 Å². The molecule has 4 heteroatoms. The third kappa shape index (κ3) is 2.58. The van der Waals surface area contributed by atoms with Gasteiger partial charge in [0.25, 0.3) is 5.91 Å². The van der Waals surface area contributed by atoms with Crippen molar-refractivity contribution in [2.75, 3.05) is 6.54 Å². The standard InChI is InChI=1S/C12H16N2O2/c15-11-3-1-2-10(11)8-14-12(16)9-4-6-13-7-5-9/h4-7,10-11,15H,1-3,8H2,(H,14,16). The van der Waals surface area contributed by atoms with Crippen LogP contribution in [0.25, 0.3) is 0 Å². The average molecular weight is 220 g/mol. The van der Waals surface area contributed by atoms with Crippen molar-refractivity contribution in [3.63, 3.8) is 0 Å². The molecule has 2 N–H and O–H groups in total. The van der Waals surface area contributed by atoms with Crippen LogP contribution in [-0.2, 0) is 0 Å². The minimum atomic E-state index is -0.252. The van der Waals surface area contributed by atoms with Crippen LogP contribution in [0, 0.1) is 5.92 Å². The Hall–Kier alpha value is -1.42. The van der Waals surface area contributed by atoms with Gasteiger partial charge in [0.15, 0.2) is 0 Å². The maximum absolute atomic E-state index is 11.7. The quantitative estimate of drug-likeness (QED) is 0.798. The Morgan fingerprint density at radius 1 is 1.44 bits per heavy atom.